The quantitative estimate of drug-likeness (QED) is 0.687. The lowest BCUT2D eigenvalue weighted by Gasteiger charge is -2.34. The highest BCUT2D eigenvalue weighted by Gasteiger charge is 2.32. The van der Waals surface area contributed by atoms with Crippen molar-refractivity contribution < 1.29 is 18.8 Å². The van der Waals surface area contributed by atoms with Crippen LogP contribution < -0.4 is 5.32 Å². The molecule has 1 atom stereocenters. The van der Waals surface area contributed by atoms with Crippen molar-refractivity contribution in [2.24, 2.45) is 5.92 Å². The van der Waals surface area contributed by atoms with Crippen molar-refractivity contribution in [1.29, 1.82) is 0 Å². The van der Waals surface area contributed by atoms with Crippen molar-refractivity contribution in [2.75, 3.05) is 0 Å². The molecule has 1 aliphatic carbocycles. The molecule has 0 spiro atoms. The Morgan fingerprint density at radius 1 is 1.30 bits per heavy atom. The van der Waals surface area contributed by atoms with Crippen molar-refractivity contribution in [3.63, 3.8) is 0 Å². The standard InChI is InChI=1S/C19H20N4O4/c1-11(24)19-22-21-17(26-19)9-12-7-14(8-12)20-18(25)16-10-15(23-27-16)13-5-3-2-4-6-13/h2-6,10-12,14,24H,7-9H2,1H3,(H,20,25)/t11-,12-,14-/m1/s1. The van der Waals surface area contributed by atoms with Crippen molar-refractivity contribution in [1.82, 2.24) is 20.7 Å². The summed E-state index contributed by atoms with van der Waals surface area (Å²) >= 11 is 0. The summed E-state index contributed by atoms with van der Waals surface area (Å²) in [4.78, 5) is 12.3. The first-order valence-corrected chi connectivity index (χ1v) is 8.92. The summed E-state index contributed by atoms with van der Waals surface area (Å²) in [6, 6.07) is 11.3. The normalized spacial score (nSPS) is 20.1. The van der Waals surface area contributed by atoms with Crippen LogP contribution >= 0.6 is 0 Å². The van der Waals surface area contributed by atoms with Gasteiger partial charge < -0.3 is 19.4 Å². The molecule has 8 heteroatoms. The van der Waals surface area contributed by atoms with Crippen molar-refractivity contribution in [2.45, 2.75) is 38.3 Å². The highest BCUT2D eigenvalue weighted by atomic mass is 16.5. The Labute approximate surface area is 155 Å². The van der Waals surface area contributed by atoms with Gasteiger partial charge in [0.05, 0.1) is 0 Å². The number of aliphatic hydroxyl groups excluding tert-OH is 1. The van der Waals surface area contributed by atoms with Gasteiger partial charge in [0.15, 0.2) is 0 Å². The molecule has 1 fully saturated rings. The molecule has 140 valence electrons. The topological polar surface area (TPSA) is 114 Å². The number of rotatable bonds is 6. The predicted octanol–water partition coefficient (Wildman–Crippen LogP) is 2.53. The van der Waals surface area contributed by atoms with Gasteiger partial charge in [-0.15, -0.1) is 10.2 Å². The summed E-state index contributed by atoms with van der Waals surface area (Å²) in [7, 11) is 0. The molecule has 0 radical (unpaired) electrons. The van der Waals surface area contributed by atoms with Gasteiger partial charge in [-0.1, -0.05) is 35.5 Å². The lowest BCUT2D eigenvalue weighted by molar-refractivity contribution is 0.0848. The zero-order chi connectivity index (χ0) is 18.8. The second-order valence-corrected chi connectivity index (χ2v) is 6.86. The van der Waals surface area contributed by atoms with E-state index in [0.29, 0.717) is 23.9 Å². The van der Waals surface area contributed by atoms with Crippen LogP contribution in [0.2, 0.25) is 0 Å². The average molecular weight is 368 g/mol. The Kier molecular flexibility index (Phi) is 4.72. The SMILES string of the molecule is C[C@@H](O)c1nnc(C[C@H]2C[C@H](NC(=O)c3cc(-c4ccccc4)no3)C2)o1. The summed E-state index contributed by atoms with van der Waals surface area (Å²) in [5.74, 6) is 1.06. The summed E-state index contributed by atoms with van der Waals surface area (Å²) in [6.07, 6.45) is 1.55. The fraction of sp³-hybridized carbons (Fsp3) is 0.368. The maximum Gasteiger partial charge on any atom is 0.290 e. The van der Waals surface area contributed by atoms with Crippen molar-refractivity contribution in [3.8, 4) is 11.3 Å². The molecule has 1 aromatic carbocycles. The molecular formula is C19H20N4O4. The van der Waals surface area contributed by atoms with Crippen LogP contribution in [-0.4, -0.2) is 32.4 Å². The number of nitrogens with one attached hydrogen (secondary N) is 1. The van der Waals surface area contributed by atoms with E-state index < -0.39 is 6.10 Å². The number of amides is 1. The van der Waals surface area contributed by atoms with Gasteiger partial charge in [-0.3, -0.25) is 4.79 Å². The summed E-state index contributed by atoms with van der Waals surface area (Å²) in [6.45, 7) is 1.58. The van der Waals surface area contributed by atoms with E-state index in [4.69, 9.17) is 8.94 Å². The van der Waals surface area contributed by atoms with Gasteiger partial charge >= 0.3 is 0 Å². The molecule has 0 unspecified atom stereocenters. The predicted molar refractivity (Wildman–Crippen MR) is 94.6 cm³/mol. The zero-order valence-electron chi connectivity index (χ0n) is 14.8. The molecule has 0 bridgehead atoms. The smallest absolute Gasteiger partial charge is 0.290 e. The zero-order valence-corrected chi connectivity index (χ0v) is 14.8. The average Bonchev–Trinajstić information content (AvgIpc) is 3.30. The number of aliphatic hydroxyl groups is 1. The van der Waals surface area contributed by atoms with Gasteiger partial charge in [0, 0.05) is 24.1 Å². The van der Waals surface area contributed by atoms with Crippen LogP contribution in [0.1, 0.15) is 48.2 Å². The Balaban J connectivity index is 1.27. The molecule has 3 aromatic rings. The van der Waals surface area contributed by atoms with Gasteiger partial charge in [0.2, 0.25) is 17.5 Å². The monoisotopic (exact) mass is 368 g/mol. The fourth-order valence-electron chi connectivity index (χ4n) is 3.17. The fourth-order valence-corrected chi connectivity index (χ4v) is 3.17. The van der Waals surface area contributed by atoms with Gasteiger partial charge in [0.25, 0.3) is 5.91 Å². The van der Waals surface area contributed by atoms with E-state index in [1.54, 1.807) is 13.0 Å². The second kappa shape index (κ2) is 7.32. The van der Waals surface area contributed by atoms with Crippen LogP contribution in [0.15, 0.2) is 45.3 Å². The maximum absolute atomic E-state index is 12.3. The van der Waals surface area contributed by atoms with Crippen molar-refractivity contribution in [3.05, 3.63) is 53.9 Å². The number of hydrogen-bond donors (Lipinski definition) is 2. The van der Waals surface area contributed by atoms with Gasteiger partial charge in [0.1, 0.15) is 11.8 Å². The Bertz CT molecular complexity index is 913. The van der Waals surface area contributed by atoms with Crippen LogP contribution in [-0.2, 0) is 6.42 Å². The Morgan fingerprint density at radius 3 is 2.78 bits per heavy atom. The van der Waals surface area contributed by atoms with E-state index in [0.717, 1.165) is 18.4 Å². The molecule has 0 aliphatic heterocycles. The first-order chi connectivity index (χ1) is 13.1. The molecule has 2 heterocycles. The second-order valence-electron chi connectivity index (χ2n) is 6.86. The molecule has 8 nitrogen and oxygen atoms in total. The van der Waals surface area contributed by atoms with Crippen LogP contribution in [0.3, 0.4) is 0 Å². The van der Waals surface area contributed by atoms with E-state index in [-0.39, 0.29) is 23.6 Å². The number of hydrogen-bond acceptors (Lipinski definition) is 7. The minimum absolute atomic E-state index is 0.0898. The lowest BCUT2D eigenvalue weighted by Crippen LogP contribution is -2.44. The summed E-state index contributed by atoms with van der Waals surface area (Å²) < 4.78 is 10.6. The molecule has 1 saturated carbocycles. The van der Waals surface area contributed by atoms with Crippen molar-refractivity contribution >= 4 is 5.91 Å². The van der Waals surface area contributed by atoms with Gasteiger partial charge in [-0.25, -0.2) is 0 Å². The van der Waals surface area contributed by atoms with E-state index in [1.807, 2.05) is 30.3 Å². The highest BCUT2D eigenvalue weighted by Crippen LogP contribution is 2.31. The van der Waals surface area contributed by atoms with E-state index in [2.05, 4.69) is 20.7 Å². The molecule has 4 rings (SSSR count). The Hall–Kier alpha value is -3.00. The molecule has 2 aromatic heterocycles. The van der Waals surface area contributed by atoms with Crippen LogP contribution in [0.4, 0.5) is 0 Å². The third-order valence-corrected chi connectivity index (χ3v) is 4.68. The van der Waals surface area contributed by atoms with Gasteiger partial charge in [-0.2, -0.15) is 0 Å². The maximum atomic E-state index is 12.3. The van der Waals surface area contributed by atoms with Gasteiger partial charge in [-0.05, 0) is 25.7 Å². The van der Waals surface area contributed by atoms with Crippen LogP contribution in [0.25, 0.3) is 11.3 Å². The molecule has 27 heavy (non-hydrogen) atoms. The first-order valence-electron chi connectivity index (χ1n) is 8.92. The number of carbonyl (C=O) groups excluding carboxylic acids is 1. The molecule has 0 saturated heterocycles. The number of benzene rings is 1. The molecular weight excluding hydrogens is 348 g/mol. The van der Waals surface area contributed by atoms with E-state index >= 15 is 0 Å². The third kappa shape index (κ3) is 3.90. The minimum Gasteiger partial charge on any atom is -0.422 e. The summed E-state index contributed by atoms with van der Waals surface area (Å²) in [5.41, 5.74) is 1.54. The lowest BCUT2D eigenvalue weighted by atomic mass is 9.78. The van der Waals surface area contributed by atoms with Crippen LogP contribution in [0.5, 0.6) is 0 Å². The van der Waals surface area contributed by atoms with Crippen LogP contribution in [0, 0.1) is 5.92 Å². The highest BCUT2D eigenvalue weighted by molar-refractivity contribution is 5.92. The number of aromatic nitrogens is 3. The first kappa shape index (κ1) is 17.4. The molecule has 1 amide bonds. The molecule has 2 N–H and O–H groups in total. The number of nitrogens with zero attached hydrogens (tertiary/aromatic N) is 3. The number of carbonyl (C=O) groups is 1. The van der Waals surface area contributed by atoms with E-state index in [9.17, 15) is 9.90 Å². The van der Waals surface area contributed by atoms with E-state index in [1.165, 1.54) is 0 Å². The largest absolute Gasteiger partial charge is 0.422 e. The third-order valence-electron chi connectivity index (χ3n) is 4.68. The Morgan fingerprint density at radius 2 is 2.07 bits per heavy atom. The minimum atomic E-state index is -0.762. The summed E-state index contributed by atoms with van der Waals surface area (Å²) in [5, 5.41) is 24.1. The molecule has 1 aliphatic rings.